The first kappa shape index (κ1) is 14.5. The SMILES string of the molecule is O=C(O)C[C@@H](NC(CF)CF)c1ccc(F)cc1. The summed E-state index contributed by atoms with van der Waals surface area (Å²) < 4.78 is 37.6. The van der Waals surface area contributed by atoms with Crippen molar-refractivity contribution in [3.8, 4) is 0 Å². The number of hydrogen-bond donors (Lipinski definition) is 2. The second kappa shape index (κ2) is 7.00. The molecule has 0 heterocycles. The van der Waals surface area contributed by atoms with Gasteiger partial charge >= 0.3 is 5.97 Å². The first-order chi connectivity index (χ1) is 8.56. The Kier molecular flexibility index (Phi) is 5.64. The molecule has 0 unspecified atom stereocenters. The predicted octanol–water partition coefficient (Wildman–Crippen LogP) is 2.24. The largest absolute Gasteiger partial charge is 0.481 e. The molecule has 0 aliphatic carbocycles. The normalized spacial score (nSPS) is 12.7. The van der Waals surface area contributed by atoms with Crippen molar-refractivity contribution in [2.24, 2.45) is 0 Å². The lowest BCUT2D eigenvalue weighted by molar-refractivity contribution is -0.137. The third kappa shape index (κ3) is 4.37. The Labute approximate surface area is 103 Å². The topological polar surface area (TPSA) is 49.3 Å². The minimum Gasteiger partial charge on any atom is -0.481 e. The van der Waals surface area contributed by atoms with Gasteiger partial charge in [-0.15, -0.1) is 0 Å². The molecule has 1 atom stereocenters. The number of carboxylic acid groups (broad SMARTS) is 1. The number of rotatable bonds is 7. The van der Waals surface area contributed by atoms with E-state index in [4.69, 9.17) is 5.11 Å². The molecule has 0 radical (unpaired) electrons. The molecule has 0 amide bonds. The molecule has 2 N–H and O–H groups in total. The fourth-order valence-corrected chi connectivity index (χ4v) is 1.56. The van der Waals surface area contributed by atoms with E-state index < -0.39 is 37.2 Å². The molecule has 0 saturated carbocycles. The van der Waals surface area contributed by atoms with Gasteiger partial charge in [0.05, 0.1) is 12.5 Å². The van der Waals surface area contributed by atoms with E-state index in [1.807, 2.05) is 0 Å². The maximum atomic E-state index is 12.8. The molecule has 3 nitrogen and oxygen atoms in total. The van der Waals surface area contributed by atoms with Crippen molar-refractivity contribution >= 4 is 5.97 Å². The summed E-state index contributed by atoms with van der Waals surface area (Å²) in [5.41, 5.74) is 0.478. The Morgan fingerprint density at radius 2 is 1.78 bits per heavy atom. The van der Waals surface area contributed by atoms with E-state index in [9.17, 15) is 18.0 Å². The van der Waals surface area contributed by atoms with E-state index in [2.05, 4.69) is 5.32 Å². The van der Waals surface area contributed by atoms with E-state index in [0.717, 1.165) is 0 Å². The highest BCUT2D eigenvalue weighted by molar-refractivity contribution is 5.67. The standard InChI is InChI=1S/C12H14F3NO2/c13-6-10(7-14)16-11(5-12(17)18)8-1-3-9(15)4-2-8/h1-4,10-11,16H,5-7H2,(H,17,18)/t11-/m1/s1. The van der Waals surface area contributed by atoms with E-state index >= 15 is 0 Å². The zero-order valence-electron chi connectivity index (χ0n) is 9.57. The maximum Gasteiger partial charge on any atom is 0.305 e. The van der Waals surface area contributed by atoms with Crippen molar-refractivity contribution in [2.45, 2.75) is 18.5 Å². The van der Waals surface area contributed by atoms with Crippen LogP contribution in [-0.4, -0.2) is 30.5 Å². The highest BCUT2D eigenvalue weighted by Crippen LogP contribution is 2.18. The summed E-state index contributed by atoms with van der Waals surface area (Å²) in [6, 6.07) is 3.32. The van der Waals surface area contributed by atoms with Gasteiger partial charge in [-0.25, -0.2) is 13.2 Å². The number of carbonyl (C=O) groups is 1. The zero-order chi connectivity index (χ0) is 13.5. The van der Waals surface area contributed by atoms with Crippen molar-refractivity contribution in [3.05, 3.63) is 35.6 Å². The van der Waals surface area contributed by atoms with Gasteiger partial charge in [-0.3, -0.25) is 4.79 Å². The molecule has 0 aromatic heterocycles. The predicted molar refractivity (Wildman–Crippen MR) is 60.3 cm³/mol. The number of nitrogens with one attached hydrogen (secondary N) is 1. The average Bonchev–Trinajstić information content (AvgIpc) is 2.35. The van der Waals surface area contributed by atoms with Crippen LogP contribution in [0.2, 0.25) is 0 Å². The first-order valence-corrected chi connectivity index (χ1v) is 5.42. The molecule has 18 heavy (non-hydrogen) atoms. The van der Waals surface area contributed by atoms with E-state index in [1.54, 1.807) is 0 Å². The Hall–Kier alpha value is -1.56. The van der Waals surface area contributed by atoms with Gasteiger partial charge in [0.25, 0.3) is 0 Å². The third-order valence-electron chi connectivity index (χ3n) is 2.46. The molecule has 0 bridgehead atoms. The number of hydrogen-bond acceptors (Lipinski definition) is 2. The van der Waals surface area contributed by atoms with Gasteiger partial charge < -0.3 is 10.4 Å². The molecule has 1 rings (SSSR count). The van der Waals surface area contributed by atoms with Gasteiger partial charge in [0, 0.05) is 6.04 Å². The summed E-state index contributed by atoms with van der Waals surface area (Å²) in [4.78, 5) is 10.7. The number of halogens is 3. The van der Waals surface area contributed by atoms with Gasteiger partial charge in [0.2, 0.25) is 0 Å². The van der Waals surface area contributed by atoms with E-state index in [1.165, 1.54) is 24.3 Å². The van der Waals surface area contributed by atoms with Gasteiger partial charge in [0.1, 0.15) is 19.2 Å². The second-order valence-corrected chi connectivity index (χ2v) is 3.87. The maximum absolute atomic E-state index is 12.8. The first-order valence-electron chi connectivity index (χ1n) is 5.42. The van der Waals surface area contributed by atoms with Crippen LogP contribution < -0.4 is 5.32 Å². The summed E-state index contributed by atoms with van der Waals surface area (Å²) in [5.74, 6) is -1.56. The molecule has 0 aliphatic heterocycles. The molecule has 1 aromatic carbocycles. The smallest absolute Gasteiger partial charge is 0.305 e. The quantitative estimate of drug-likeness (QED) is 0.791. The third-order valence-corrected chi connectivity index (χ3v) is 2.46. The van der Waals surface area contributed by atoms with Gasteiger partial charge in [0.15, 0.2) is 0 Å². The lowest BCUT2D eigenvalue weighted by atomic mass is 10.0. The number of alkyl halides is 2. The Balaban J connectivity index is 2.83. The van der Waals surface area contributed by atoms with Crippen LogP contribution in [0.4, 0.5) is 13.2 Å². The monoisotopic (exact) mass is 261 g/mol. The number of carboxylic acids is 1. The lowest BCUT2D eigenvalue weighted by Gasteiger charge is -2.21. The molecule has 0 aliphatic rings. The molecule has 0 fully saturated rings. The fourth-order valence-electron chi connectivity index (χ4n) is 1.56. The van der Waals surface area contributed by atoms with Crippen LogP contribution in [0.15, 0.2) is 24.3 Å². The van der Waals surface area contributed by atoms with Crippen molar-refractivity contribution < 1.29 is 23.1 Å². The van der Waals surface area contributed by atoms with Crippen molar-refractivity contribution in [3.63, 3.8) is 0 Å². The van der Waals surface area contributed by atoms with Crippen molar-refractivity contribution in [2.75, 3.05) is 13.3 Å². The van der Waals surface area contributed by atoms with Crippen LogP contribution >= 0.6 is 0 Å². The lowest BCUT2D eigenvalue weighted by Crippen LogP contribution is -2.37. The summed E-state index contributed by atoms with van der Waals surface area (Å²) >= 11 is 0. The average molecular weight is 261 g/mol. The molecule has 0 saturated heterocycles. The van der Waals surface area contributed by atoms with Crippen LogP contribution in [0.25, 0.3) is 0 Å². The molecular weight excluding hydrogens is 247 g/mol. The summed E-state index contributed by atoms with van der Waals surface area (Å²) in [6.45, 7) is -1.87. The van der Waals surface area contributed by atoms with Gasteiger partial charge in [-0.05, 0) is 17.7 Å². The van der Waals surface area contributed by atoms with Crippen LogP contribution in [0.3, 0.4) is 0 Å². The summed E-state index contributed by atoms with van der Waals surface area (Å²) in [7, 11) is 0. The van der Waals surface area contributed by atoms with Crippen LogP contribution in [0, 0.1) is 5.82 Å². The van der Waals surface area contributed by atoms with Crippen LogP contribution in [0.5, 0.6) is 0 Å². The zero-order valence-corrected chi connectivity index (χ0v) is 9.57. The van der Waals surface area contributed by atoms with E-state index in [0.29, 0.717) is 5.56 Å². The van der Waals surface area contributed by atoms with Crippen molar-refractivity contribution in [1.29, 1.82) is 0 Å². The van der Waals surface area contributed by atoms with Gasteiger partial charge in [-0.2, -0.15) is 0 Å². The highest BCUT2D eigenvalue weighted by atomic mass is 19.1. The molecule has 0 spiro atoms. The van der Waals surface area contributed by atoms with Crippen molar-refractivity contribution in [1.82, 2.24) is 5.32 Å². The highest BCUT2D eigenvalue weighted by Gasteiger charge is 2.19. The van der Waals surface area contributed by atoms with Gasteiger partial charge in [-0.1, -0.05) is 12.1 Å². The molecule has 100 valence electrons. The minimum atomic E-state index is -1.10. The fraction of sp³-hybridized carbons (Fsp3) is 0.417. The number of aliphatic carboxylic acids is 1. The Morgan fingerprint density at radius 3 is 2.22 bits per heavy atom. The summed E-state index contributed by atoms with van der Waals surface area (Å²) in [5, 5.41) is 11.3. The van der Waals surface area contributed by atoms with Crippen LogP contribution in [-0.2, 0) is 4.79 Å². The van der Waals surface area contributed by atoms with E-state index in [-0.39, 0.29) is 6.42 Å². The molecule has 1 aromatic rings. The minimum absolute atomic E-state index is 0.331. The number of benzene rings is 1. The molecule has 6 heteroatoms. The molecular formula is C12H14F3NO2. The summed E-state index contributed by atoms with van der Waals surface area (Å²) in [6.07, 6.45) is -0.331. The Morgan fingerprint density at radius 1 is 1.22 bits per heavy atom. The Bertz CT molecular complexity index is 379. The second-order valence-electron chi connectivity index (χ2n) is 3.87. The van der Waals surface area contributed by atoms with Crippen LogP contribution in [0.1, 0.15) is 18.0 Å².